The number of hydrogen-bond acceptors (Lipinski definition) is 5. The van der Waals surface area contributed by atoms with Crippen LogP contribution in [0.2, 0.25) is 0 Å². The van der Waals surface area contributed by atoms with Crippen LogP contribution in [0.3, 0.4) is 0 Å². The molecule has 2 N–H and O–H groups in total. The zero-order chi connectivity index (χ0) is 28.0. The molecule has 1 rings (SSSR count). The molecule has 0 amide bonds. The SMILES string of the molecule is C=C/C=C\[C@H](C)[C@H](OC=O)[C@@H](C)[C@H](O)[C@@H](C)C/C(C)=C\[C@H](C)[C@@H](O)[C@@H](C)/C=C\C(=O)Cc1ccccc1. The molecule has 0 fully saturated rings. The summed E-state index contributed by atoms with van der Waals surface area (Å²) >= 11 is 0. The number of ketones is 1. The van der Waals surface area contributed by atoms with Crippen molar-refractivity contribution in [1.29, 1.82) is 0 Å². The Morgan fingerprint density at radius 1 is 0.973 bits per heavy atom. The first-order valence-electron chi connectivity index (χ1n) is 13.2. The van der Waals surface area contributed by atoms with Crippen molar-refractivity contribution in [2.75, 3.05) is 0 Å². The van der Waals surface area contributed by atoms with E-state index in [1.54, 1.807) is 18.2 Å². The van der Waals surface area contributed by atoms with Crippen molar-refractivity contribution in [3.05, 3.63) is 84.5 Å². The van der Waals surface area contributed by atoms with Gasteiger partial charge in [-0.2, -0.15) is 0 Å². The lowest BCUT2D eigenvalue weighted by Crippen LogP contribution is -2.38. The van der Waals surface area contributed by atoms with Crippen LogP contribution in [-0.2, 0) is 20.7 Å². The minimum absolute atomic E-state index is 0.00715. The summed E-state index contributed by atoms with van der Waals surface area (Å²) in [5.74, 6) is -0.710. The third kappa shape index (κ3) is 11.4. The number of ether oxygens (including phenoxy) is 1. The van der Waals surface area contributed by atoms with Crippen LogP contribution in [-0.4, -0.2) is 40.8 Å². The van der Waals surface area contributed by atoms with E-state index in [4.69, 9.17) is 4.74 Å². The molecule has 0 heterocycles. The molecule has 0 aliphatic rings. The first-order valence-corrected chi connectivity index (χ1v) is 13.2. The smallest absolute Gasteiger partial charge is 0.293 e. The van der Waals surface area contributed by atoms with Crippen LogP contribution in [0.1, 0.15) is 53.5 Å². The highest BCUT2D eigenvalue weighted by Gasteiger charge is 2.32. The Labute approximate surface area is 223 Å². The van der Waals surface area contributed by atoms with E-state index in [0.717, 1.165) is 11.1 Å². The summed E-state index contributed by atoms with van der Waals surface area (Å²) in [6, 6.07) is 9.59. The standard InChI is InChI=1S/C32H46O5/c1-8-9-13-24(4)32(37-21-33)27(7)31(36)26(6)19-22(2)18-25(5)30(35)23(3)16-17-29(34)20-28-14-11-10-12-15-28/h8-18,21,23-27,30-32,35-36H,1,19-20H2,2-7H3/b13-9-,17-16-,22-18-/t23-,24-,25-,26-,27-,30-,31+,32-/m0/s1. The molecular weight excluding hydrogens is 464 g/mol. The molecule has 0 saturated carbocycles. The first-order chi connectivity index (χ1) is 17.5. The van der Waals surface area contributed by atoms with Gasteiger partial charge in [-0.1, -0.05) is 107 Å². The van der Waals surface area contributed by atoms with Gasteiger partial charge in [0, 0.05) is 30.1 Å². The van der Waals surface area contributed by atoms with E-state index in [-0.39, 0.29) is 35.4 Å². The molecule has 0 radical (unpaired) electrons. The number of rotatable bonds is 17. The summed E-state index contributed by atoms with van der Waals surface area (Å²) in [4.78, 5) is 23.3. The van der Waals surface area contributed by atoms with E-state index in [1.807, 2.05) is 90.1 Å². The van der Waals surface area contributed by atoms with E-state index in [9.17, 15) is 19.8 Å². The average Bonchev–Trinajstić information content (AvgIpc) is 2.87. The molecule has 0 aromatic heterocycles. The molecule has 0 aliphatic carbocycles. The molecule has 0 saturated heterocycles. The van der Waals surface area contributed by atoms with Crippen LogP contribution < -0.4 is 0 Å². The van der Waals surface area contributed by atoms with E-state index < -0.39 is 18.3 Å². The molecule has 0 unspecified atom stereocenters. The molecule has 0 bridgehead atoms. The molecule has 1 aromatic carbocycles. The Hall–Kier alpha value is -2.76. The highest BCUT2D eigenvalue weighted by atomic mass is 16.5. The normalized spacial score (nSPS) is 19.0. The van der Waals surface area contributed by atoms with E-state index >= 15 is 0 Å². The summed E-state index contributed by atoms with van der Waals surface area (Å²) in [6.07, 6.45) is 9.98. The molecule has 5 heteroatoms. The Balaban J connectivity index is 2.72. The van der Waals surface area contributed by atoms with Crippen LogP contribution in [0, 0.1) is 29.6 Å². The number of hydrogen-bond donors (Lipinski definition) is 2. The van der Waals surface area contributed by atoms with Crippen LogP contribution in [0.25, 0.3) is 0 Å². The number of aliphatic hydroxyl groups is 2. The van der Waals surface area contributed by atoms with Crippen molar-refractivity contribution in [3.63, 3.8) is 0 Å². The maximum absolute atomic E-state index is 12.3. The molecule has 37 heavy (non-hydrogen) atoms. The summed E-state index contributed by atoms with van der Waals surface area (Å²) < 4.78 is 5.33. The quantitative estimate of drug-likeness (QED) is 0.118. The molecule has 0 spiro atoms. The molecule has 204 valence electrons. The van der Waals surface area contributed by atoms with Gasteiger partial charge in [-0.15, -0.1) is 0 Å². The lowest BCUT2D eigenvalue weighted by Gasteiger charge is -2.33. The van der Waals surface area contributed by atoms with Gasteiger partial charge in [-0.25, -0.2) is 0 Å². The lowest BCUT2D eigenvalue weighted by molar-refractivity contribution is -0.141. The number of carbonyl (C=O) groups excluding carboxylic acids is 2. The topological polar surface area (TPSA) is 83.8 Å². The molecular formula is C32H46O5. The fourth-order valence-corrected chi connectivity index (χ4v) is 4.82. The first kappa shape index (κ1) is 32.3. The van der Waals surface area contributed by atoms with Gasteiger partial charge in [0.15, 0.2) is 5.78 Å². The zero-order valence-electron chi connectivity index (χ0n) is 23.3. The van der Waals surface area contributed by atoms with Crippen LogP contribution in [0.4, 0.5) is 0 Å². The second kappa shape index (κ2) is 16.9. The summed E-state index contributed by atoms with van der Waals surface area (Å²) in [6.45, 7) is 15.8. The maximum Gasteiger partial charge on any atom is 0.293 e. The van der Waals surface area contributed by atoms with Gasteiger partial charge in [0.2, 0.25) is 0 Å². The van der Waals surface area contributed by atoms with Crippen LogP contribution in [0.15, 0.2) is 78.9 Å². The van der Waals surface area contributed by atoms with Gasteiger partial charge in [0.1, 0.15) is 6.10 Å². The molecule has 1 aromatic rings. The van der Waals surface area contributed by atoms with E-state index in [0.29, 0.717) is 19.3 Å². The van der Waals surface area contributed by atoms with E-state index in [1.165, 1.54) is 0 Å². The van der Waals surface area contributed by atoms with Crippen molar-refractivity contribution < 1.29 is 24.5 Å². The van der Waals surface area contributed by atoms with Gasteiger partial charge in [0.05, 0.1) is 12.2 Å². The lowest BCUT2D eigenvalue weighted by atomic mass is 9.81. The van der Waals surface area contributed by atoms with Crippen molar-refractivity contribution in [3.8, 4) is 0 Å². The van der Waals surface area contributed by atoms with Crippen molar-refractivity contribution >= 4 is 12.3 Å². The van der Waals surface area contributed by atoms with Crippen molar-refractivity contribution in [1.82, 2.24) is 0 Å². The highest BCUT2D eigenvalue weighted by molar-refractivity contribution is 5.91. The van der Waals surface area contributed by atoms with Gasteiger partial charge < -0.3 is 14.9 Å². The van der Waals surface area contributed by atoms with Crippen LogP contribution >= 0.6 is 0 Å². The number of benzene rings is 1. The summed E-state index contributed by atoms with van der Waals surface area (Å²) in [7, 11) is 0. The second-order valence-electron chi connectivity index (χ2n) is 10.4. The predicted molar refractivity (Wildman–Crippen MR) is 151 cm³/mol. The fourth-order valence-electron chi connectivity index (χ4n) is 4.82. The summed E-state index contributed by atoms with van der Waals surface area (Å²) in [5.41, 5.74) is 2.03. The maximum atomic E-state index is 12.3. The fraction of sp³-hybridized carbons (Fsp3) is 0.500. The number of allylic oxidation sites excluding steroid dienone is 4. The van der Waals surface area contributed by atoms with Gasteiger partial charge in [0.25, 0.3) is 6.47 Å². The minimum atomic E-state index is -0.675. The van der Waals surface area contributed by atoms with Gasteiger partial charge in [-0.05, 0) is 30.9 Å². The van der Waals surface area contributed by atoms with E-state index in [2.05, 4.69) is 6.58 Å². The number of aliphatic hydroxyl groups excluding tert-OH is 2. The second-order valence-corrected chi connectivity index (χ2v) is 10.4. The van der Waals surface area contributed by atoms with Gasteiger partial charge >= 0.3 is 0 Å². The highest BCUT2D eigenvalue weighted by Crippen LogP contribution is 2.28. The van der Waals surface area contributed by atoms with Crippen molar-refractivity contribution in [2.45, 2.75) is 72.7 Å². The predicted octanol–water partition coefficient (Wildman–Crippen LogP) is 5.88. The average molecular weight is 511 g/mol. The molecule has 8 atom stereocenters. The zero-order valence-corrected chi connectivity index (χ0v) is 23.3. The number of carbonyl (C=O) groups is 2. The third-order valence-electron chi connectivity index (χ3n) is 7.00. The Kier molecular flexibility index (Phi) is 14.7. The monoisotopic (exact) mass is 510 g/mol. The van der Waals surface area contributed by atoms with Crippen molar-refractivity contribution in [2.24, 2.45) is 29.6 Å². The largest absolute Gasteiger partial charge is 0.464 e. The summed E-state index contributed by atoms with van der Waals surface area (Å²) in [5, 5.41) is 21.8. The Bertz CT molecular complexity index is 916. The van der Waals surface area contributed by atoms with Crippen LogP contribution in [0.5, 0.6) is 0 Å². The molecule has 5 nitrogen and oxygen atoms in total. The minimum Gasteiger partial charge on any atom is -0.464 e. The Morgan fingerprint density at radius 2 is 1.62 bits per heavy atom. The Morgan fingerprint density at radius 3 is 2.22 bits per heavy atom. The third-order valence-corrected chi connectivity index (χ3v) is 7.00. The molecule has 0 aliphatic heterocycles. The van der Waals surface area contributed by atoms with Gasteiger partial charge in [-0.3, -0.25) is 9.59 Å².